The lowest BCUT2D eigenvalue weighted by Gasteiger charge is -2.24. The molecule has 8 nitrogen and oxygen atoms in total. The molecule has 1 aliphatic rings. The van der Waals surface area contributed by atoms with Crippen molar-refractivity contribution in [3.63, 3.8) is 0 Å². The summed E-state index contributed by atoms with van der Waals surface area (Å²) in [6.07, 6.45) is 0.626. The smallest absolute Gasteiger partial charge is 0.335 e. The van der Waals surface area contributed by atoms with Crippen molar-refractivity contribution in [3.05, 3.63) is 144 Å². The van der Waals surface area contributed by atoms with Crippen LogP contribution in [0.1, 0.15) is 27.9 Å². The van der Waals surface area contributed by atoms with E-state index in [9.17, 15) is 14.7 Å². The van der Waals surface area contributed by atoms with Crippen molar-refractivity contribution in [3.8, 4) is 11.5 Å². The minimum atomic E-state index is -0.995. The number of carboxylic acids is 1. The summed E-state index contributed by atoms with van der Waals surface area (Å²) in [6.45, 7) is 6.82. The van der Waals surface area contributed by atoms with Gasteiger partial charge in [0, 0.05) is 17.8 Å². The Hall–Kier alpha value is -5.76. The number of anilines is 2. The van der Waals surface area contributed by atoms with E-state index in [4.69, 9.17) is 9.47 Å². The molecule has 47 heavy (non-hydrogen) atoms. The number of nitrogens with one attached hydrogen (secondary N) is 2. The summed E-state index contributed by atoms with van der Waals surface area (Å²) >= 11 is 0. The fourth-order valence-corrected chi connectivity index (χ4v) is 5.81. The van der Waals surface area contributed by atoms with Crippen molar-refractivity contribution in [1.82, 2.24) is 4.90 Å². The highest BCUT2D eigenvalue weighted by atomic mass is 16.5. The molecule has 1 amide bonds. The first-order chi connectivity index (χ1) is 22.8. The molecule has 6 rings (SSSR count). The number of hydrogen-bond acceptors (Lipinski definition) is 6. The number of amides is 1. The lowest BCUT2D eigenvalue weighted by Crippen LogP contribution is -2.40. The zero-order chi connectivity index (χ0) is 32.8. The molecule has 0 bridgehead atoms. The Balaban J connectivity index is 1.11. The van der Waals surface area contributed by atoms with E-state index in [1.807, 2.05) is 90.7 Å². The minimum absolute atomic E-state index is 0.0178. The molecule has 2 atom stereocenters. The lowest BCUT2D eigenvalue weighted by molar-refractivity contribution is -0.132. The summed E-state index contributed by atoms with van der Waals surface area (Å²) in [5.41, 5.74) is 4.04. The van der Waals surface area contributed by atoms with Gasteiger partial charge in [-0.3, -0.25) is 4.79 Å². The number of aromatic carboxylic acids is 1. The number of rotatable bonds is 12. The fraction of sp³-hybridized carbons (Fsp3) is 0.179. The van der Waals surface area contributed by atoms with Gasteiger partial charge in [-0.2, -0.15) is 0 Å². The molecule has 2 unspecified atom stereocenters. The van der Waals surface area contributed by atoms with Gasteiger partial charge in [0.1, 0.15) is 30.0 Å². The Bertz CT molecular complexity index is 1890. The van der Waals surface area contributed by atoms with Crippen molar-refractivity contribution < 1.29 is 24.2 Å². The molecule has 1 aliphatic heterocycles. The summed E-state index contributed by atoms with van der Waals surface area (Å²) in [7, 11) is 0. The summed E-state index contributed by atoms with van der Waals surface area (Å²) in [5, 5.41) is 18.0. The number of ether oxygens (including phenoxy) is 2. The van der Waals surface area contributed by atoms with Gasteiger partial charge in [0.05, 0.1) is 24.6 Å². The summed E-state index contributed by atoms with van der Waals surface area (Å²) in [6, 6.07) is 36.0. The second kappa shape index (κ2) is 14.1. The molecular formula is C39H37N3O5. The van der Waals surface area contributed by atoms with Crippen LogP contribution < -0.4 is 20.1 Å². The maximum atomic E-state index is 13.7. The molecular weight excluding hydrogens is 590 g/mol. The van der Waals surface area contributed by atoms with Gasteiger partial charge in [-0.25, -0.2) is 4.79 Å². The maximum absolute atomic E-state index is 13.7. The molecule has 0 aromatic heterocycles. The van der Waals surface area contributed by atoms with Crippen molar-refractivity contribution >= 4 is 34.0 Å². The zero-order valence-corrected chi connectivity index (χ0v) is 26.2. The molecule has 0 saturated carbocycles. The number of carboxylic acid groups (broad SMARTS) is 1. The average molecular weight is 628 g/mol. The average Bonchev–Trinajstić information content (AvgIpc) is 3.48. The van der Waals surface area contributed by atoms with Crippen molar-refractivity contribution in [2.75, 3.05) is 23.8 Å². The highest BCUT2D eigenvalue weighted by Crippen LogP contribution is 2.28. The molecule has 0 radical (unpaired) electrons. The quantitative estimate of drug-likeness (QED) is 0.132. The second-order valence-electron chi connectivity index (χ2n) is 11.7. The molecule has 1 saturated heterocycles. The van der Waals surface area contributed by atoms with Gasteiger partial charge >= 0.3 is 5.97 Å². The topological polar surface area (TPSA) is 100 Å². The van der Waals surface area contributed by atoms with E-state index in [1.165, 1.54) is 12.1 Å². The molecule has 5 aromatic rings. The molecule has 0 spiro atoms. The van der Waals surface area contributed by atoms with Gasteiger partial charge in [0.2, 0.25) is 5.91 Å². The third-order valence-corrected chi connectivity index (χ3v) is 8.30. The predicted octanol–water partition coefficient (Wildman–Crippen LogP) is 7.51. The van der Waals surface area contributed by atoms with Crippen LogP contribution in [0.25, 0.3) is 10.8 Å². The number of nitrogens with zero attached hydrogens (tertiary/aromatic N) is 1. The number of likely N-dealkylation sites (tertiary alicyclic amines) is 1. The largest absolute Gasteiger partial charge is 0.491 e. The Morgan fingerprint density at radius 1 is 0.851 bits per heavy atom. The third kappa shape index (κ3) is 7.91. The highest BCUT2D eigenvalue weighted by Gasteiger charge is 2.37. The van der Waals surface area contributed by atoms with E-state index in [0.717, 1.165) is 39.0 Å². The first-order valence-corrected chi connectivity index (χ1v) is 15.6. The monoisotopic (exact) mass is 627 g/mol. The van der Waals surface area contributed by atoms with Gasteiger partial charge in [0.25, 0.3) is 0 Å². The van der Waals surface area contributed by atoms with Crippen LogP contribution in [0.15, 0.2) is 128 Å². The predicted molar refractivity (Wildman–Crippen MR) is 185 cm³/mol. The van der Waals surface area contributed by atoms with Crippen molar-refractivity contribution in [2.24, 2.45) is 0 Å². The van der Waals surface area contributed by atoms with Crippen LogP contribution in [0.4, 0.5) is 11.4 Å². The normalized spacial score (nSPS) is 15.6. The minimum Gasteiger partial charge on any atom is -0.491 e. The van der Waals surface area contributed by atoms with E-state index >= 15 is 0 Å². The fourth-order valence-electron chi connectivity index (χ4n) is 5.81. The van der Waals surface area contributed by atoms with Gasteiger partial charge < -0.3 is 30.1 Å². The van der Waals surface area contributed by atoms with Crippen LogP contribution in [-0.2, 0) is 11.2 Å². The van der Waals surface area contributed by atoms with Gasteiger partial charge in [-0.1, -0.05) is 67.2 Å². The molecule has 5 aromatic carbocycles. The molecule has 238 valence electrons. The van der Waals surface area contributed by atoms with E-state index < -0.39 is 5.97 Å². The summed E-state index contributed by atoms with van der Waals surface area (Å²) in [5.74, 6) is 0.941. The Kier molecular flexibility index (Phi) is 9.38. The van der Waals surface area contributed by atoms with Crippen LogP contribution in [0.2, 0.25) is 0 Å². The van der Waals surface area contributed by atoms with Crippen LogP contribution in [0.3, 0.4) is 0 Å². The second-order valence-corrected chi connectivity index (χ2v) is 11.7. The van der Waals surface area contributed by atoms with Crippen LogP contribution in [0.5, 0.6) is 11.5 Å². The van der Waals surface area contributed by atoms with Gasteiger partial charge in [-0.05, 0) is 83.4 Å². The number of aryl methyl sites for hydroxylation is 1. The van der Waals surface area contributed by atoms with Crippen molar-refractivity contribution in [2.45, 2.75) is 31.9 Å². The lowest BCUT2D eigenvalue weighted by atomic mass is 10.1. The van der Waals surface area contributed by atoms with E-state index in [2.05, 4.69) is 29.3 Å². The Labute approximate surface area is 274 Å². The van der Waals surface area contributed by atoms with Gasteiger partial charge in [-0.15, -0.1) is 0 Å². The number of carbonyl (C=O) groups excluding carboxylic acids is 1. The first kappa shape index (κ1) is 31.2. The van der Waals surface area contributed by atoms with E-state index in [1.54, 1.807) is 12.1 Å². The Morgan fingerprint density at radius 3 is 2.30 bits per heavy atom. The SMILES string of the molecule is C=C(Nc1ccc(CC(=O)N2CC(Oc3ccc4ccccc4c3)CC2COc2ccc(C(=O)O)cc2)cc1)Nc1ccccc1C. The number of hydrogen-bond donors (Lipinski definition) is 3. The molecule has 1 fully saturated rings. The number of benzene rings is 5. The van der Waals surface area contributed by atoms with E-state index in [-0.39, 0.29) is 36.6 Å². The zero-order valence-electron chi connectivity index (χ0n) is 26.2. The van der Waals surface area contributed by atoms with Crippen molar-refractivity contribution in [1.29, 1.82) is 0 Å². The maximum Gasteiger partial charge on any atom is 0.335 e. The number of carbonyl (C=O) groups is 2. The number of para-hydroxylation sites is 1. The van der Waals surface area contributed by atoms with Gasteiger partial charge in [0.15, 0.2) is 0 Å². The Morgan fingerprint density at radius 2 is 1.55 bits per heavy atom. The molecule has 1 heterocycles. The summed E-state index contributed by atoms with van der Waals surface area (Å²) < 4.78 is 12.5. The third-order valence-electron chi connectivity index (χ3n) is 8.30. The van der Waals surface area contributed by atoms with Crippen LogP contribution >= 0.6 is 0 Å². The molecule has 3 N–H and O–H groups in total. The van der Waals surface area contributed by atoms with E-state index in [0.29, 0.717) is 24.5 Å². The summed E-state index contributed by atoms with van der Waals surface area (Å²) in [4.78, 5) is 26.8. The first-order valence-electron chi connectivity index (χ1n) is 15.6. The highest BCUT2D eigenvalue weighted by molar-refractivity contribution is 5.87. The van der Waals surface area contributed by atoms with Crippen LogP contribution in [-0.4, -0.2) is 47.2 Å². The standard InChI is InChI=1S/C39H37N3O5/c1-26-7-3-6-10-37(26)41-27(2)40-32-16-11-28(12-17-32)21-38(43)42-24-36(47-35-20-13-29-8-4-5-9-31(29)22-35)23-33(42)25-46-34-18-14-30(15-19-34)39(44)45/h3-20,22,33,36,40-41H,2,21,23-25H2,1H3,(H,44,45). The molecule has 8 heteroatoms. The molecule has 0 aliphatic carbocycles. The van der Waals surface area contributed by atoms with Crippen LogP contribution in [0, 0.1) is 6.92 Å². The number of fused-ring (bicyclic) bond motifs is 1.